The highest BCUT2D eigenvalue weighted by Crippen LogP contribution is 2.18. The van der Waals surface area contributed by atoms with Crippen molar-refractivity contribution in [3.63, 3.8) is 0 Å². The van der Waals surface area contributed by atoms with Gasteiger partial charge in [0.25, 0.3) is 0 Å². The Morgan fingerprint density at radius 1 is 1.48 bits per heavy atom. The lowest BCUT2D eigenvalue weighted by Crippen LogP contribution is -2.41. The minimum absolute atomic E-state index is 0.786. The summed E-state index contributed by atoms with van der Waals surface area (Å²) in [5, 5.41) is 11.5. The zero-order valence-corrected chi connectivity index (χ0v) is 14.7. The monoisotopic (exact) mass is 322 g/mol. The van der Waals surface area contributed by atoms with Gasteiger partial charge in [0.1, 0.15) is 12.2 Å². The van der Waals surface area contributed by atoms with Gasteiger partial charge in [0.05, 0.1) is 0 Å². The molecule has 130 valence electrons. The molecular formula is C16H30N6O. The number of hydrogen-bond donors (Lipinski definition) is 1. The quantitative estimate of drug-likeness (QED) is 0.603. The van der Waals surface area contributed by atoms with Crippen molar-refractivity contribution in [2.75, 3.05) is 40.4 Å². The van der Waals surface area contributed by atoms with E-state index in [4.69, 9.17) is 4.74 Å². The number of nitrogens with one attached hydrogen (secondary N) is 1. The Balaban J connectivity index is 1.71. The highest BCUT2D eigenvalue weighted by atomic mass is 16.5. The Morgan fingerprint density at radius 2 is 2.26 bits per heavy atom. The van der Waals surface area contributed by atoms with E-state index in [2.05, 4.69) is 43.9 Å². The molecule has 1 saturated heterocycles. The highest BCUT2D eigenvalue weighted by molar-refractivity contribution is 5.79. The maximum atomic E-state index is 5.42. The lowest BCUT2D eigenvalue weighted by atomic mass is 9.96. The summed E-state index contributed by atoms with van der Waals surface area (Å²) in [6.45, 7) is 6.62. The Morgan fingerprint density at radius 3 is 2.96 bits per heavy atom. The predicted octanol–water partition coefficient (Wildman–Crippen LogP) is 1.16. The molecule has 1 aromatic rings. The van der Waals surface area contributed by atoms with E-state index >= 15 is 0 Å². The van der Waals surface area contributed by atoms with Crippen LogP contribution in [0, 0.1) is 5.92 Å². The molecule has 0 atom stereocenters. The van der Waals surface area contributed by atoms with Crippen molar-refractivity contribution in [2.45, 2.75) is 39.2 Å². The zero-order valence-electron chi connectivity index (χ0n) is 14.7. The summed E-state index contributed by atoms with van der Waals surface area (Å²) < 4.78 is 7.51. The van der Waals surface area contributed by atoms with Crippen molar-refractivity contribution in [2.24, 2.45) is 10.9 Å². The SMILES string of the molecule is CCc1nncn1CCNC(=NC)N(C)CCC1CCOCC1. The lowest BCUT2D eigenvalue weighted by Gasteiger charge is -2.26. The second-order valence-electron chi connectivity index (χ2n) is 6.03. The number of aliphatic imine (C=N–C) groups is 1. The highest BCUT2D eigenvalue weighted by Gasteiger charge is 2.15. The van der Waals surface area contributed by atoms with Crippen LogP contribution in [-0.2, 0) is 17.7 Å². The van der Waals surface area contributed by atoms with Crippen molar-refractivity contribution in [3.05, 3.63) is 12.2 Å². The predicted molar refractivity (Wildman–Crippen MR) is 91.6 cm³/mol. The molecule has 1 aromatic heterocycles. The normalized spacial score (nSPS) is 16.6. The van der Waals surface area contributed by atoms with E-state index in [1.165, 1.54) is 19.3 Å². The number of aromatic nitrogens is 3. The first-order chi connectivity index (χ1) is 11.2. The van der Waals surface area contributed by atoms with Crippen LogP contribution in [0.5, 0.6) is 0 Å². The summed E-state index contributed by atoms with van der Waals surface area (Å²) in [4.78, 5) is 6.59. The molecule has 0 spiro atoms. The first kappa shape index (κ1) is 17.7. The Labute approximate surface area is 139 Å². The molecule has 1 N–H and O–H groups in total. The van der Waals surface area contributed by atoms with E-state index in [1.54, 1.807) is 6.33 Å². The lowest BCUT2D eigenvalue weighted by molar-refractivity contribution is 0.0625. The number of rotatable bonds is 7. The Bertz CT molecular complexity index is 481. The molecule has 0 aromatic carbocycles. The molecule has 1 fully saturated rings. The van der Waals surface area contributed by atoms with E-state index in [0.29, 0.717) is 0 Å². The molecule has 7 heteroatoms. The summed E-state index contributed by atoms with van der Waals surface area (Å²) in [5.41, 5.74) is 0. The van der Waals surface area contributed by atoms with Gasteiger partial charge in [-0.05, 0) is 25.2 Å². The summed E-state index contributed by atoms with van der Waals surface area (Å²) in [6.07, 6.45) is 6.27. The van der Waals surface area contributed by atoms with Gasteiger partial charge in [-0.1, -0.05) is 6.92 Å². The first-order valence-electron chi connectivity index (χ1n) is 8.60. The third kappa shape index (κ3) is 5.49. The van der Waals surface area contributed by atoms with Gasteiger partial charge in [0, 0.05) is 53.4 Å². The standard InChI is InChI=1S/C16H30N6O/c1-4-15-20-19-13-22(15)10-8-18-16(17-2)21(3)9-5-14-6-11-23-12-7-14/h13-14H,4-12H2,1-3H3,(H,17,18). The van der Waals surface area contributed by atoms with Crippen molar-refractivity contribution in [3.8, 4) is 0 Å². The van der Waals surface area contributed by atoms with Crippen LogP contribution in [0.25, 0.3) is 0 Å². The van der Waals surface area contributed by atoms with Gasteiger partial charge in [-0.15, -0.1) is 10.2 Å². The smallest absolute Gasteiger partial charge is 0.193 e. The fraction of sp³-hybridized carbons (Fsp3) is 0.812. The summed E-state index contributed by atoms with van der Waals surface area (Å²) in [6, 6.07) is 0. The zero-order chi connectivity index (χ0) is 16.5. The summed E-state index contributed by atoms with van der Waals surface area (Å²) in [5.74, 6) is 2.76. The molecule has 7 nitrogen and oxygen atoms in total. The second-order valence-corrected chi connectivity index (χ2v) is 6.03. The van der Waals surface area contributed by atoms with Crippen LogP contribution in [-0.4, -0.2) is 66.0 Å². The van der Waals surface area contributed by atoms with Gasteiger partial charge in [-0.3, -0.25) is 4.99 Å². The van der Waals surface area contributed by atoms with Gasteiger partial charge in [0.2, 0.25) is 0 Å². The van der Waals surface area contributed by atoms with Crippen LogP contribution < -0.4 is 5.32 Å². The number of hydrogen-bond acceptors (Lipinski definition) is 4. The van der Waals surface area contributed by atoms with Gasteiger partial charge in [0.15, 0.2) is 5.96 Å². The molecule has 23 heavy (non-hydrogen) atoms. The maximum absolute atomic E-state index is 5.42. The van der Waals surface area contributed by atoms with Crippen molar-refractivity contribution in [1.82, 2.24) is 25.0 Å². The van der Waals surface area contributed by atoms with Crippen molar-refractivity contribution in [1.29, 1.82) is 0 Å². The fourth-order valence-electron chi connectivity index (χ4n) is 2.93. The number of guanidine groups is 1. The molecule has 0 unspecified atom stereocenters. The van der Waals surface area contributed by atoms with Gasteiger partial charge >= 0.3 is 0 Å². The van der Waals surface area contributed by atoms with E-state index in [9.17, 15) is 0 Å². The summed E-state index contributed by atoms with van der Waals surface area (Å²) in [7, 11) is 3.94. The van der Waals surface area contributed by atoms with Crippen LogP contribution in [0.15, 0.2) is 11.3 Å². The first-order valence-corrected chi connectivity index (χ1v) is 8.60. The molecule has 2 rings (SSSR count). The molecule has 0 amide bonds. The van der Waals surface area contributed by atoms with Crippen LogP contribution in [0.4, 0.5) is 0 Å². The van der Waals surface area contributed by atoms with Crippen LogP contribution in [0.2, 0.25) is 0 Å². The molecule has 0 bridgehead atoms. The minimum Gasteiger partial charge on any atom is -0.381 e. The molecule has 2 heterocycles. The third-order valence-corrected chi connectivity index (χ3v) is 4.43. The number of aryl methyl sites for hydroxylation is 1. The van der Waals surface area contributed by atoms with Crippen molar-refractivity contribution < 1.29 is 4.74 Å². The van der Waals surface area contributed by atoms with E-state index in [-0.39, 0.29) is 0 Å². The molecule has 0 saturated carbocycles. The van der Waals surface area contributed by atoms with Crippen LogP contribution in [0.3, 0.4) is 0 Å². The van der Waals surface area contributed by atoms with Gasteiger partial charge in [-0.25, -0.2) is 0 Å². The fourth-order valence-corrected chi connectivity index (χ4v) is 2.93. The molecule has 1 aliphatic rings. The summed E-state index contributed by atoms with van der Waals surface area (Å²) >= 11 is 0. The van der Waals surface area contributed by atoms with Crippen LogP contribution in [0.1, 0.15) is 32.0 Å². The number of nitrogens with zero attached hydrogens (tertiary/aromatic N) is 5. The molecule has 0 radical (unpaired) electrons. The van der Waals surface area contributed by atoms with Crippen LogP contribution >= 0.6 is 0 Å². The number of ether oxygens (including phenoxy) is 1. The van der Waals surface area contributed by atoms with E-state index in [1.807, 2.05) is 7.05 Å². The van der Waals surface area contributed by atoms with Gasteiger partial charge in [-0.2, -0.15) is 0 Å². The topological polar surface area (TPSA) is 67.6 Å². The average Bonchev–Trinajstić information content (AvgIpc) is 3.05. The minimum atomic E-state index is 0.786. The maximum Gasteiger partial charge on any atom is 0.193 e. The Kier molecular flexibility index (Phi) is 7.32. The third-order valence-electron chi connectivity index (χ3n) is 4.43. The molecular weight excluding hydrogens is 292 g/mol. The molecule has 0 aliphatic carbocycles. The molecule has 1 aliphatic heterocycles. The van der Waals surface area contributed by atoms with E-state index < -0.39 is 0 Å². The Hall–Kier alpha value is -1.63. The van der Waals surface area contributed by atoms with Gasteiger partial charge < -0.3 is 19.5 Å². The largest absolute Gasteiger partial charge is 0.381 e. The van der Waals surface area contributed by atoms with E-state index in [0.717, 1.165) is 57.0 Å². The second kappa shape index (κ2) is 9.50. The average molecular weight is 322 g/mol. The van der Waals surface area contributed by atoms with Crippen molar-refractivity contribution >= 4 is 5.96 Å².